The summed E-state index contributed by atoms with van der Waals surface area (Å²) in [6.07, 6.45) is -0.809. The number of nitrogens with zero attached hydrogens (tertiary/aromatic N) is 1. The van der Waals surface area contributed by atoms with E-state index in [0.29, 0.717) is 25.2 Å². The highest BCUT2D eigenvalue weighted by molar-refractivity contribution is 5.94. The quantitative estimate of drug-likeness (QED) is 0.849. The Hall–Kier alpha value is -1.63. The van der Waals surface area contributed by atoms with Crippen LogP contribution < -0.4 is 5.32 Å². The fourth-order valence-electron chi connectivity index (χ4n) is 3.03. The molecule has 24 heavy (non-hydrogen) atoms. The lowest BCUT2D eigenvalue weighted by Gasteiger charge is -2.32. The second-order valence-electron chi connectivity index (χ2n) is 6.58. The molecule has 3 rings (SSSR count). The third kappa shape index (κ3) is 3.88. The summed E-state index contributed by atoms with van der Waals surface area (Å²) in [6, 6.07) is 3.16. The number of hydrogen-bond acceptors (Lipinski definition) is 2. The van der Waals surface area contributed by atoms with Crippen LogP contribution in [-0.4, -0.2) is 36.5 Å². The number of hydrogen-bond donors (Lipinski definition) is 1. The highest BCUT2D eigenvalue weighted by Crippen LogP contribution is 2.33. The van der Waals surface area contributed by atoms with Crippen LogP contribution in [-0.2, 0) is 6.18 Å². The van der Waals surface area contributed by atoms with Crippen molar-refractivity contribution in [3.8, 4) is 0 Å². The SMILES string of the molecule is O=C(c1cccc(C(F)(F)F)c1F)N1CCC(NCC2CC2)CC1. The van der Waals surface area contributed by atoms with Gasteiger partial charge in [0.25, 0.3) is 5.91 Å². The molecule has 2 aliphatic rings. The van der Waals surface area contributed by atoms with E-state index in [0.717, 1.165) is 37.4 Å². The van der Waals surface area contributed by atoms with Gasteiger partial charge in [0, 0.05) is 19.1 Å². The largest absolute Gasteiger partial charge is 0.419 e. The van der Waals surface area contributed by atoms with Crippen LogP contribution >= 0.6 is 0 Å². The highest BCUT2D eigenvalue weighted by atomic mass is 19.4. The van der Waals surface area contributed by atoms with Gasteiger partial charge in [-0.3, -0.25) is 4.79 Å². The average Bonchev–Trinajstić information content (AvgIpc) is 3.36. The first-order valence-corrected chi connectivity index (χ1v) is 8.24. The van der Waals surface area contributed by atoms with E-state index in [1.807, 2.05) is 0 Å². The van der Waals surface area contributed by atoms with E-state index in [1.165, 1.54) is 17.7 Å². The third-order valence-electron chi connectivity index (χ3n) is 4.71. The Balaban J connectivity index is 1.63. The Bertz CT molecular complexity index is 605. The van der Waals surface area contributed by atoms with Crippen LogP contribution in [0.25, 0.3) is 0 Å². The molecule has 1 aliphatic carbocycles. The lowest BCUT2D eigenvalue weighted by molar-refractivity contribution is -0.140. The summed E-state index contributed by atoms with van der Waals surface area (Å²) < 4.78 is 52.4. The number of halogens is 4. The minimum atomic E-state index is -4.81. The maximum atomic E-state index is 14.1. The van der Waals surface area contributed by atoms with Gasteiger partial charge < -0.3 is 10.2 Å². The topological polar surface area (TPSA) is 32.3 Å². The van der Waals surface area contributed by atoms with Crippen LogP contribution in [0.2, 0.25) is 0 Å². The van der Waals surface area contributed by atoms with Crippen molar-refractivity contribution in [2.45, 2.75) is 37.9 Å². The van der Waals surface area contributed by atoms with Gasteiger partial charge in [0.2, 0.25) is 0 Å². The van der Waals surface area contributed by atoms with E-state index in [9.17, 15) is 22.4 Å². The molecule has 132 valence electrons. The fourth-order valence-corrected chi connectivity index (χ4v) is 3.03. The lowest BCUT2D eigenvalue weighted by Crippen LogP contribution is -2.45. The standard InChI is InChI=1S/C17H20F4N2O/c18-15-13(2-1-3-14(15)17(19,20)21)16(24)23-8-6-12(7-9-23)22-10-11-4-5-11/h1-3,11-12,22H,4-10H2. The predicted octanol–water partition coefficient (Wildman–Crippen LogP) is 3.45. The van der Waals surface area contributed by atoms with Crippen molar-refractivity contribution in [3.63, 3.8) is 0 Å². The summed E-state index contributed by atoms with van der Waals surface area (Å²) >= 11 is 0. The number of benzene rings is 1. The summed E-state index contributed by atoms with van der Waals surface area (Å²) in [5, 5.41) is 3.46. The minimum absolute atomic E-state index is 0.320. The predicted molar refractivity (Wildman–Crippen MR) is 81.1 cm³/mol. The van der Waals surface area contributed by atoms with Crippen molar-refractivity contribution in [1.82, 2.24) is 10.2 Å². The smallest absolute Gasteiger partial charge is 0.338 e. The molecule has 0 atom stereocenters. The molecule has 7 heteroatoms. The van der Waals surface area contributed by atoms with Crippen LogP contribution in [0.1, 0.15) is 41.6 Å². The molecule has 3 nitrogen and oxygen atoms in total. The molecular formula is C17H20F4N2O. The van der Waals surface area contributed by atoms with Crippen molar-refractivity contribution in [1.29, 1.82) is 0 Å². The first kappa shape index (κ1) is 17.2. The maximum absolute atomic E-state index is 14.1. The Labute approximate surface area is 138 Å². The Morgan fingerprint density at radius 3 is 2.42 bits per heavy atom. The number of alkyl halides is 3. The number of amides is 1. The van der Waals surface area contributed by atoms with Gasteiger partial charge in [0.15, 0.2) is 0 Å². The van der Waals surface area contributed by atoms with E-state index < -0.39 is 29.0 Å². The van der Waals surface area contributed by atoms with Crippen LogP contribution in [0.3, 0.4) is 0 Å². The molecule has 1 amide bonds. The summed E-state index contributed by atoms with van der Waals surface area (Å²) in [5.41, 5.74) is -1.90. The number of nitrogens with one attached hydrogen (secondary N) is 1. The second kappa shape index (κ2) is 6.70. The molecule has 0 unspecified atom stereocenters. The monoisotopic (exact) mass is 344 g/mol. The summed E-state index contributed by atoms with van der Waals surface area (Å²) in [7, 11) is 0. The molecule has 1 aromatic rings. The number of piperidine rings is 1. The molecular weight excluding hydrogens is 324 g/mol. The van der Waals surface area contributed by atoms with E-state index in [-0.39, 0.29) is 0 Å². The Morgan fingerprint density at radius 1 is 1.17 bits per heavy atom. The van der Waals surface area contributed by atoms with Gasteiger partial charge in [-0.15, -0.1) is 0 Å². The summed E-state index contributed by atoms with van der Waals surface area (Å²) in [5.74, 6) is -1.38. The number of likely N-dealkylation sites (tertiary alicyclic amines) is 1. The molecule has 1 saturated carbocycles. The van der Waals surface area contributed by atoms with Crippen molar-refractivity contribution in [2.75, 3.05) is 19.6 Å². The number of carbonyl (C=O) groups is 1. The van der Waals surface area contributed by atoms with Gasteiger partial charge in [-0.2, -0.15) is 13.2 Å². The van der Waals surface area contributed by atoms with Crippen molar-refractivity contribution in [3.05, 3.63) is 35.1 Å². The average molecular weight is 344 g/mol. The third-order valence-corrected chi connectivity index (χ3v) is 4.71. The molecule has 0 spiro atoms. The van der Waals surface area contributed by atoms with Crippen molar-refractivity contribution >= 4 is 5.91 Å². The van der Waals surface area contributed by atoms with Gasteiger partial charge >= 0.3 is 6.18 Å². The highest BCUT2D eigenvalue weighted by Gasteiger charge is 2.36. The molecule has 2 fully saturated rings. The van der Waals surface area contributed by atoms with Gasteiger partial charge in [-0.05, 0) is 50.3 Å². The molecule has 1 N–H and O–H groups in total. The van der Waals surface area contributed by atoms with E-state index in [2.05, 4.69) is 5.32 Å². The van der Waals surface area contributed by atoms with Crippen LogP contribution in [0, 0.1) is 11.7 Å². The van der Waals surface area contributed by atoms with E-state index in [1.54, 1.807) is 0 Å². The first-order valence-electron chi connectivity index (χ1n) is 8.24. The van der Waals surface area contributed by atoms with Crippen LogP contribution in [0.5, 0.6) is 0 Å². The van der Waals surface area contributed by atoms with Gasteiger partial charge in [0.05, 0.1) is 11.1 Å². The Kier molecular flexibility index (Phi) is 4.80. The van der Waals surface area contributed by atoms with Gasteiger partial charge in [0.1, 0.15) is 5.82 Å². The minimum Gasteiger partial charge on any atom is -0.338 e. The maximum Gasteiger partial charge on any atom is 0.419 e. The van der Waals surface area contributed by atoms with Crippen molar-refractivity contribution in [2.24, 2.45) is 5.92 Å². The molecule has 1 heterocycles. The van der Waals surface area contributed by atoms with Gasteiger partial charge in [-0.1, -0.05) is 6.07 Å². The lowest BCUT2D eigenvalue weighted by atomic mass is 10.0. The second-order valence-corrected chi connectivity index (χ2v) is 6.58. The number of rotatable bonds is 4. The molecule has 0 bridgehead atoms. The first-order chi connectivity index (χ1) is 11.4. The normalized spacial score (nSPS) is 19.6. The number of carbonyl (C=O) groups excluding carboxylic acids is 1. The summed E-state index contributed by atoms with van der Waals surface area (Å²) in [6.45, 7) is 1.84. The van der Waals surface area contributed by atoms with Crippen LogP contribution in [0.4, 0.5) is 17.6 Å². The van der Waals surface area contributed by atoms with E-state index >= 15 is 0 Å². The van der Waals surface area contributed by atoms with E-state index in [4.69, 9.17) is 0 Å². The zero-order valence-electron chi connectivity index (χ0n) is 13.2. The van der Waals surface area contributed by atoms with Crippen LogP contribution in [0.15, 0.2) is 18.2 Å². The molecule has 1 aromatic carbocycles. The molecule has 1 aliphatic heterocycles. The molecule has 0 radical (unpaired) electrons. The molecule has 0 aromatic heterocycles. The van der Waals surface area contributed by atoms with Gasteiger partial charge in [-0.25, -0.2) is 4.39 Å². The zero-order valence-corrected chi connectivity index (χ0v) is 13.2. The Morgan fingerprint density at radius 2 is 1.83 bits per heavy atom. The summed E-state index contributed by atoms with van der Waals surface area (Å²) in [4.78, 5) is 13.8. The molecule has 1 saturated heterocycles. The fraction of sp³-hybridized carbons (Fsp3) is 0.588. The zero-order chi connectivity index (χ0) is 17.3. The van der Waals surface area contributed by atoms with Crippen molar-refractivity contribution < 1.29 is 22.4 Å².